The lowest BCUT2D eigenvalue weighted by atomic mass is 9.98. The van der Waals surface area contributed by atoms with Gasteiger partial charge in [-0.05, 0) is 58.4 Å². The fourth-order valence-electron chi connectivity index (χ4n) is 6.50. The van der Waals surface area contributed by atoms with Crippen LogP contribution in [-0.4, -0.2) is 81.6 Å². The molecule has 0 saturated heterocycles. The second kappa shape index (κ2) is 14.2. The maximum atomic E-state index is 13.3. The van der Waals surface area contributed by atoms with Crippen molar-refractivity contribution in [3.8, 4) is 22.3 Å². The summed E-state index contributed by atoms with van der Waals surface area (Å²) in [6.45, 7) is 1.38. The van der Waals surface area contributed by atoms with Crippen LogP contribution in [0.3, 0.4) is 0 Å². The van der Waals surface area contributed by atoms with Crippen molar-refractivity contribution in [2.75, 3.05) is 13.2 Å². The molecule has 0 heterocycles. The van der Waals surface area contributed by atoms with Gasteiger partial charge in [0.15, 0.2) is 0 Å². The van der Waals surface area contributed by atoms with Crippen molar-refractivity contribution in [1.82, 2.24) is 9.80 Å². The van der Waals surface area contributed by atoms with E-state index in [1.165, 1.54) is 0 Å². The SMILES string of the molecule is C[C@@H](C(=O)O)N(C(=O)OCC1c2ccccc2-c2ccccc21)C(=O)OC(=O)N(C(=O)OCC1c2ccccc2-c2ccccc21)[C@@H](C)C(=O)O. The van der Waals surface area contributed by atoms with E-state index >= 15 is 0 Å². The highest BCUT2D eigenvalue weighted by Crippen LogP contribution is 2.45. The Morgan fingerprint density at radius 2 is 0.784 bits per heavy atom. The summed E-state index contributed by atoms with van der Waals surface area (Å²) in [5, 5.41) is 19.4. The average Bonchev–Trinajstić information content (AvgIpc) is 3.62. The maximum Gasteiger partial charge on any atom is 0.429 e. The molecule has 0 bridgehead atoms. The number of amides is 4. The zero-order valence-electron chi connectivity index (χ0n) is 27.4. The highest BCUT2D eigenvalue weighted by molar-refractivity contribution is 6.01. The van der Waals surface area contributed by atoms with Gasteiger partial charge in [0, 0.05) is 11.8 Å². The summed E-state index contributed by atoms with van der Waals surface area (Å²) in [7, 11) is 0. The molecule has 0 aliphatic heterocycles. The van der Waals surface area contributed by atoms with Gasteiger partial charge in [-0.2, -0.15) is 9.80 Å². The molecule has 13 heteroatoms. The molecule has 4 aromatic rings. The predicted octanol–water partition coefficient (Wildman–Crippen LogP) is 6.69. The number of imide groups is 2. The summed E-state index contributed by atoms with van der Waals surface area (Å²) < 4.78 is 15.6. The third-order valence-electron chi connectivity index (χ3n) is 9.12. The Bertz CT molecular complexity index is 1820. The van der Waals surface area contributed by atoms with Crippen molar-refractivity contribution in [1.29, 1.82) is 0 Å². The van der Waals surface area contributed by atoms with Crippen LogP contribution in [0.4, 0.5) is 19.2 Å². The zero-order valence-corrected chi connectivity index (χ0v) is 27.4. The molecule has 2 aliphatic carbocycles. The molecule has 4 amide bonds. The molecule has 0 spiro atoms. The summed E-state index contributed by atoms with van der Waals surface area (Å²) in [6, 6.07) is 26.1. The third-order valence-corrected chi connectivity index (χ3v) is 9.12. The van der Waals surface area contributed by atoms with Gasteiger partial charge < -0.3 is 24.4 Å². The van der Waals surface area contributed by atoms with Gasteiger partial charge in [-0.1, -0.05) is 97.1 Å². The lowest BCUT2D eigenvalue weighted by Crippen LogP contribution is -2.52. The fraction of sp³-hybridized carbons (Fsp3) is 0.211. The number of benzene rings is 4. The van der Waals surface area contributed by atoms with Crippen molar-refractivity contribution in [3.05, 3.63) is 119 Å². The van der Waals surface area contributed by atoms with Crippen molar-refractivity contribution >= 4 is 36.3 Å². The first-order valence-electron chi connectivity index (χ1n) is 16.0. The van der Waals surface area contributed by atoms with Crippen LogP contribution in [0.1, 0.15) is 47.9 Å². The molecule has 0 aromatic heterocycles. The van der Waals surface area contributed by atoms with E-state index in [9.17, 15) is 39.0 Å². The third kappa shape index (κ3) is 6.48. The zero-order chi connectivity index (χ0) is 36.4. The van der Waals surface area contributed by atoms with E-state index in [1.54, 1.807) is 0 Å². The van der Waals surface area contributed by atoms with Crippen LogP contribution in [0.25, 0.3) is 22.3 Å². The van der Waals surface area contributed by atoms with Crippen molar-refractivity contribution in [2.45, 2.75) is 37.8 Å². The van der Waals surface area contributed by atoms with Crippen molar-refractivity contribution < 1.29 is 53.2 Å². The summed E-state index contributed by atoms with van der Waals surface area (Å²) >= 11 is 0. The maximum absolute atomic E-state index is 13.3. The fourth-order valence-corrected chi connectivity index (χ4v) is 6.50. The first kappa shape index (κ1) is 34.4. The monoisotopic (exact) mass is 692 g/mol. The van der Waals surface area contributed by atoms with Crippen LogP contribution < -0.4 is 0 Å². The van der Waals surface area contributed by atoms with Crippen molar-refractivity contribution in [3.63, 3.8) is 0 Å². The minimum Gasteiger partial charge on any atom is -0.480 e. The quantitative estimate of drug-likeness (QED) is 0.149. The van der Waals surface area contributed by atoms with Crippen LogP contribution in [0.2, 0.25) is 0 Å². The average molecular weight is 693 g/mol. The molecule has 4 aromatic carbocycles. The van der Waals surface area contributed by atoms with Crippen LogP contribution in [0.5, 0.6) is 0 Å². The Morgan fingerprint density at radius 1 is 0.510 bits per heavy atom. The summed E-state index contributed by atoms with van der Waals surface area (Å²) in [4.78, 5) is 77.2. The molecule has 2 atom stereocenters. The predicted molar refractivity (Wildman–Crippen MR) is 180 cm³/mol. The first-order valence-corrected chi connectivity index (χ1v) is 16.0. The number of carbonyl (C=O) groups is 6. The molecule has 0 saturated carbocycles. The van der Waals surface area contributed by atoms with E-state index in [2.05, 4.69) is 0 Å². The highest BCUT2D eigenvalue weighted by Gasteiger charge is 2.41. The number of rotatable bonds is 8. The van der Waals surface area contributed by atoms with Gasteiger partial charge in [0.2, 0.25) is 0 Å². The highest BCUT2D eigenvalue weighted by atomic mass is 16.6. The summed E-state index contributed by atoms with van der Waals surface area (Å²) in [6.07, 6.45) is -6.49. The molecular weight excluding hydrogens is 660 g/mol. The van der Waals surface area contributed by atoms with Crippen molar-refractivity contribution in [2.24, 2.45) is 0 Å². The number of nitrogens with zero attached hydrogens (tertiary/aromatic N) is 2. The smallest absolute Gasteiger partial charge is 0.429 e. The molecule has 0 unspecified atom stereocenters. The number of carbonyl (C=O) groups excluding carboxylic acids is 4. The Labute approximate surface area is 291 Å². The minimum atomic E-state index is -1.89. The van der Waals surface area contributed by atoms with Gasteiger partial charge in [0.25, 0.3) is 0 Å². The lowest BCUT2D eigenvalue weighted by molar-refractivity contribution is -0.141. The van der Waals surface area contributed by atoms with E-state index in [1.807, 2.05) is 97.1 Å². The van der Waals surface area contributed by atoms with Crippen LogP contribution in [0.15, 0.2) is 97.1 Å². The number of fused-ring (bicyclic) bond motifs is 6. The lowest BCUT2D eigenvalue weighted by Gasteiger charge is -2.27. The second-order valence-electron chi connectivity index (χ2n) is 12.0. The Balaban J connectivity index is 1.17. The number of aliphatic carboxylic acids is 2. The van der Waals surface area contributed by atoms with E-state index < -0.39 is 60.2 Å². The van der Waals surface area contributed by atoms with Crippen LogP contribution in [-0.2, 0) is 23.8 Å². The molecule has 13 nitrogen and oxygen atoms in total. The number of ether oxygens (including phenoxy) is 3. The van der Waals surface area contributed by atoms with Gasteiger partial charge in [-0.3, -0.25) is 0 Å². The largest absolute Gasteiger partial charge is 0.480 e. The van der Waals surface area contributed by atoms with Gasteiger partial charge >= 0.3 is 36.3 Å². The number of carboxylic acid groups (broad SMARTS) is 2. The second-order valence-corrected chi connectivity index (χ2v) is 12.0. The molecular formula is C38H32N2O11. The molecule has 0 fully saturated rings. The number of hydrogen-bond acceptors (Lipinski definition) is 9. The number of hydrogen-bond donors (Lipinski definition) is 2. The van der Waals surface area contributed by atoms with E-state index in [0.717, 1.165) is 58.4 Å². The van der Waals surface area contributed by atoms with E-state index in [4.69, 9.17) is 14.2 Å². The van der Waals surface area contributed by atoms with Gasteiger partial charge in [0.05, 0.1) is 0 Å². The van der Waals surface area contributed by atoms with E-state index in [0.29, 0.717) is 0 Å². The molecule has 2 N–H and O–H groups in total. The Morgan fingerprint density at radius 3 is 1.06 bits per heavy atom. The van der Waals surface area contributed by atoms with Gasteiger partial charge in [-0.15, -0.1) is 0 Å². The van der Waals surface area contributed by atoms with Crippen LogP contribution >= 0.6 is 0 Å². The van der Waals surface area contributed by atoms with Crippen LogP contribution in [0, 0.1) is 0 Å². The molecule has 0 radical (unpaired) electrons. The Hall–Kier alpha value is -6.50. The normalized spacial score (nSPS) is 13.8. The molecule has 260 valence electrons. The Kier molecular flexibility index (Phi) is 9.54. The minimum absolute atomic E-state index is 0.0638. The summed E-state index contributed by atoms with van der Waals surface area (Å²) in [5.41, 5.74) is 7.11. The molecule has 2 aliphatic rings. The first-order chi connectivity index (χ1) is 24.5. The van der Waals surface area contributed by atoms with Gasteiger partial charge in [-0.25, -0.2) is 28.8 Å². The van der Waals surface area contributed by atoms with E-state index in [-0.39, 0.29) is 23.0 Å². The molecule has 51 heavy (non-hydrogen) atoms. The standard InChI is InChI=1S/C38H32N2O11/c1-21(33(41)42)39(35(45)49-19-31-27-15-7-3-11-23(27)24-12-4-8-16-28(24)31)37(47)51-38(48)40(22(2)34(43)44)36(46)50-20-32-29-17-9-5-13-25(29)26-14-6-10-18-30(26)32/h3-18,21-22,31-32H,19-20H2,1-2H3,(H,41,42)(H,43,44)/t21-,22-/m0/s1. The molecule has 6 rings (SSSR count). The van der Waals surface area contributed by atoms with Gasteiger partial charge in [0.1, 0.15) is 25.3 Å². The number of carboxylic acids is 2. The topological polar surface area (TPSA) is 177 Å². The summed E-state index contributed by atoms with van der Waals surface area (Å²) in [5.74, 6) is -4.16.